The van der Waals surface area contributed by atoms with Gasteiger partial charge in [-0.3, -0.25) is 14.1 Å². The molecule has 122 valence electrons. The predicted molar refractivity (Wildman–Crippen MR) is 90.3 cm³/mol. The van der Waals surface area contributed by atoms with Gasteiger partial charge in [0.15, 0.2) is 0 Å². The maximum atomic E-state index is 12.3. The first-order chi connectivity index (χ1) is 11.1. The van der Waals surface area contributed by atoms with Crippen LogP contribution in [0.2, 0.25) is 0 Å². The second-order valence-electron chi connectivity index (χ2n) is 7.18. The van der Waals surface area contributed by atoms with E-state index in [9.17, 15) is 4.79 Å². The van der Waals surface area contributed by atoms with Gasteiger partial charge in [-0.15, -0.1) is 0 Å². The Morgan fingerprint density at radius 1 is 1.35 bits per heavy atom. The summed E-state index contributed by atoms with van der Waals surface area (Å²) < 4.78 is 1.62. The van der Waals surface area contributed by atoms with Gasteiger partial charge in [0.25, 0.3) is 5.56 Å². The molecular weight excluding hydrogens is 288 g/mol. The molecule has 3 heterocycles. The summed E-state index contributed by atoms with van der Waals surface area (Å²) in [6.45, 7) is 4.88. The van der Waals surface area contributed by atoms with Gasteiger partial charge in [-0.25, -0.2) is 4.98 Å². The van der Waals surface area contributed by atoms with Crippen LogP contribution >= 0.6 is 0 Å². The van der Waals surface area contributed by atoms with Crippen LogP contribution in [0.1, 0.15) is 30.5 Å². The number of rotatable bonds is 2. The molecule has 0 amide bonds. The highest BCUT2D eigenvalue weighted by molar-refractivity contribution is 5.46. The first kappa shape index (κ1) is 14.8. The lowest BCUT2D eigenvalue weighted by atomic mass is 9.78. The quantitative estimate of drug-likeness (QED) is 0.914. The number of nitrogens with two attached hydrogens (primary N) is 1. The summed E-state index contributed by atoms with van der Waals surface area (Å²) in [7, 11) is 0. The topological polar surface area (TPSA) is 63.6 Å². The Morgan fingerprint density at radius 3 is 3.04 bits per heavy atom. The van der Waals surface area contributed by atoms with Crippen molar-refractivity contribution in [1.29, 1.82) is 0 Å². The van der Waals surface area contributed by atoms with Crippen molar-refractivity contribution in [2.24, 2.45) is 17.6 Å². The molecule has 0 aromatic carbocycles. The Bertz CT molecular complexity index is 784. The average molecular weight is 312 g/mol. The zero-order valence-electron chi connectivity index (χ0n) is 13.6. The third-order valence-electron chi connectivity index (χ3n) is 5.55. The summed E-state index contributed by atoms with van der Waals surface area (Å²) in [6.07, 6.45) is 5.49. The van der Waals surface area contributed by atoms with Gasteiger partial charge in [0, 0.05) is 37.9 Å². The normalized spacial score (nSPS) is 28.2. The van der Waals surface area contributed by atoms with Crippen LogP contribution in [0.25, 0.3) is 5.65 Å². The molecule has 4 rings (SSSR count). The molecule has 0 radical (unpaired) electrons. The summed E-state index contributed by atoms with van der Waals surface area (Å²) in [5.41, 5.74) is 8.97. The van der Waals surface area contributed by atoms with E-state index in [-0.39, 0.29) is 5.56 Å². The average Bonchev–Trinajstić information content (AvgIpc) is 2.92. The highest BCUT2D eigenvalue weighted by Gasteiger charge is 2.38. The Hall–Kier alpha value is -1.72. The molecule has 3 unspecified atom stereocenters. The molecule has 23 heavy (non-hydrogen) atoms. The smallest absolute Gasteiger partial charge is 0.258 e. The molecule has 2 fully saturated rings. The highest BCUT2D eigenvalue weighted by atomic mass is 16.1. The van der Waals surface area contributed by atoms with Crippen LogP contribution in [0.3, 0.4) is 0 Å². The molecule has 3 atom stereocenters. The fourth-order valence-electron chi connectivity index (χ4n) is 4.36. The summed E-state index contributed by atoms with van der Waals surface area (Å²) in [5, 5.41) is 0. The van der Waals surface area contributed by atoms with Crippen molar-refractivity contribution in [2.45, 2.75) is 38.8 Å². The number of aromatic nitrogens is 2. The van der Waals surface area contributed by atoms with Crippen LogP contribution in [-0.2, 0) is 6.54 Å². The molecule has 1 aliphatic heterocycles. The fourth-order valence-corrected chi connectivity index (χ4v) is 4.36. The number of likely N-dealkylation sites (tertiary alicyclic amines) is 1. The van der Waals surface area contributed by atoms with Gasteiger partial charge >= 0.3 is 0 Å². The number of hydrogen-bond donors (Lipinski definition) is 1. The molecule has 2 aromatic heterocycles. The SMILES string of the molecule is Cc1cccn2c(=O)cc(CN3CC4CCCC(N)C4C3)nc12. The Kier molecular flexibility index (Phi) is 3.70. The van der Waals surface area contributed by atoms with Crippen molar-refractivity contribution in [1.82, 2.24) is 14.3 Å². The summed E-state index contributed by atoms with van der Waals surface area (Å²) in [6, 6.07) is 5.90. The minimum atomic E-state index is 0.00187. The van der Waals surface area contributed by atoms with E-state index in [2.05, 4.69) is 4.90 Å². The minimum absolute atomic E-state index is 0.00187. The van der Waals surface area contributed by atoms with Crippen molar-refractivity contribution >= 4 is 5.65 Å². The largest absolute Gasteiger partial charge is 0.327 e. The number of nitrogens with zero attached hydrogens (tertiary/aromatic N) is 3. The summed E-state index contributed by atoms with van der Waals surface area (Å²) in [4.78, 5) is 19.5. The number of aryl methyl sites for hydroxylation is 1. The summed E-state index contributed by atoms with van der Waals surface area (Å²) >= 11 is 0. The second kappa shape index (κ2) is 5.73. The van der Waals surface area contributed by atoms with E-state index >= 15 is 0 Å². The third kappa shape index (κ3) is 2.68. The molecule has 5 nitrogen and oxygen atoms in total. The van der Waals surface area contributed by atoms with Crippen LogP contribution in [0.15, 0.2) is 29.2 Å². The third-order valence-corrected chi connectivity index (χ3v) is 5.55. The maximum Gasteiger partial charge on any atom is 0.258 e. The first-order valence-corrected chi connectivity index (χ1v) is 8.57. The molecule has 2 aliphatic rings. The van der Waals surface area contributed by atoms with Crippen molar-refractivity contribution < 1.29 is 0 Å². The van der Waals surface area contributed by atoms with Crippen LogP contribution in [0, 0.1) is 18.8 Å². The van der Waals surface area contributed by atoms with Gasteiger partial charge in [0.05, 0.1) is 5.69 Å². The van der Waals surface area contributed by atoms with Gasteiger partial charge in [0.1, 0.15) is 5.65 Å². The van der Waals surface area contributed by atoms with Gasteiger partial charge in [-0.2, -0.15) is 0 Å². The van der Waals surface area contributed by atoms with E-state index in [4.69, 9.17) is 10.7 Å². The van der Waals surface area contributed by atoms with Crippen molar-refractivity contribution in [3.63, 3.8) is 0 Å². The van der Waals surface area contributed by atoms with Gasteiger partial charge < -0.3 is 5.73 Å². The fraction of sp³-hybridized carbons (Fsp3) is 0.556. The van der Waals surface area contributed by atoms with Gasteiger partial charge in [0.2, 0.25) is 0 Å². The zero-order chi connectivity index (χ0) is 16.0. The van der Waals surface area contributed by atoms with Crippen molar-refractivity contribution in [3.8, 4) is 0 Å². The zero-order valence-corrected chi connectivity index (χ0v) is 13.6. The van der Waals surface area contributed by atoms with Crippen LogP contribution in [-0.4, -0.2) is 33.4 Å². The monoisotopic (exact) mass is 312 g/mol. The van der Waals surface area contributed by atoms with Crippen LogP contribution in [0.4, 0.5) is 0 Å². The molecule has 0 spiro atoms. The van der Waals surface area contributed by atoms with Crippen molar-refractivity contribution in [2.75, 3.05) is 13.1 Å². The molecule has 5 heteroatoms. The molecular formula is C18H24N4O. The Morgan fingerprint density at radius 2 is 2.22 bits per heavy atom. The second-order valence-corrected chi connectivity index (χ2v) is 7.18. The predicted octanol–water partition coefficient (Wildman–Crippen LogP) is 1.56. The first-order valence-electron chi connectivity index (χ1n) is 8.57. The van der Waals surface area contributed by atoms with Gasteiger partial charge in [-0.1, -0.05) is 12.5 Å². The van der Waals surface area contributed by atoms with E-state index in [0.717, 1.165) is 48.9 Å². The highest BCUT2D eigenvalue weighted by Crippen LogP contribution is 2.35. The maximum absolute atomic E-state index is 12.3. The van der Waals surface area contributed by atoms with E-state index in [1.165, 1.54) is 12.8 Å². The van der Waals surface area contributed by atoms with Crippen molar-refractivity contribution in [3.05, 3.63) is 46.0 Å². The van der Waals surface area contributed by atoms with E-state index in [1.807, 2.05) is 19.1 Å². The molecule has 1 saturated heterocycles. The molecule has 2 N–H and O–H groups in total. The molecule has 1 saturated carbocycles. The molecule has 1 aliphatic carbocycles. The standard InChI is InChI=1S/C18H24N4O/c1-12-4-3-7-22-17(23)8-14(20-18(12)22)10-21-9-13-5-2-6-16(19)15(13)11-21/h3-4,7-8,13,15-16H,2,5-6,9-11,19H2,1H3. The lowest BCUT2D eigenvalue weighted by Gasteiger charge is -2.29. The number of fused-ring (bicyclic) bond motifs is 2. The summed E-state index contributed by atoms with van der Waals surface area (Å²) in [5.74, 6) is 1.34. The molecule has 2 aromatic rings. The minimum Gasteiger partial charge on any atom is -0.327 e. The molecule has 0 bridgehead atoms. The number of pyridine rings is 1. The lowest BCUT2D eigenvalue weighted by Crippen LogP contribution is -2.38. The lowest BCUT2D eigenvalue weighted by molar-refractivity contribution is 0.259. The Labute approximate surface area is 136 Å². The van der Waals surface area contributed by atoms with Crippen LogP contribution in [0.5, 0.6) is 0 Å². The van der Waals surface area contributed by atoms with E-state index in [0.29, 0.717) is 12.0 Å². The van der Waals surface area contributed by atoms with Gasteiger partial charge in [-0.05, 0) is 43.2 Å². The van der Waals surface area contributed by atoms with E-state index in [1.54, 1.807) is 16.7 Å². The van der Waals surface area contributed by atoms with E-state index < -0.39 is 0 Å². The van der Waals surface area contributed by atoms with Crippen LogP contribution < -0.4 is 11.3 Å². The number of hydrogen-bond acceptors (Lipinski definition) is 4. The Balaban J connectivity index is 1.59.